The summed E-state index contributed by atoms with van der Waals surface area (Å²) in [5.41, 5.74) is 0. The van der Waals surface area contributed by atoms with Crippen molar-refractivity contribution in [2.45, 2.75) is 79.1 Å². The van der Waals surface area contributed by atoms with Gasteiger partial charge in [-0.2, -0.15) is 0 Å². The van der Waals surface area contributed by atoms with Crippen molar-refractivity contribution in [3.63, 3.8) is 0 Å². The first-order chi connectivity index (χ1) is 8.24. The van der Waals surface area contributed by atoms with E-state index in [2.05, 4.69) is 27.7 Å². The van der Waals surface area contributed by atoms with Gasteiger partial charge < -0.3 is 20.9 Å². The maximum absolute atomic E-state index is 2.33. The van der Waals surface area contributed by atoms with E-state index in [1.165, 1.54) is 82.0 Å². The van der Waals surface area contributed by atoms with Crippen molar-refractivity contribution in [1.82, 2.24) is 0 Å². The number of hydrogen-bond donors (Lipinski definition) is 0. The molecule has 0 aliphatic carbocycles. The Hall–Kier alpha value is -0.160. The lowest BCUT2D eigenvalue weighted by molar-refractivity contribution is -0.929. The smallest absolute Gasteiger partial charge is 0.0786 e. The molecule has 0 atom stereocenters. The molecule has 0 aliphatic heterocycles. The first kappa shape index (κ1) is 28.1. The molecule has 0 fully saturated rings. The minimum absolute atomic E-state index is 0. The van der Waals surface area contributed by atoms with Gasteiger partial charge in [0.15, 0.2) is 0 Å². The lowest BCUT2D eigenvalue weighted by atomic mass is 10.1. The van der Waals surface area contributed by atoms with Crippen LogP contribution in [0.4, 0.5) is 0 Å². The third-order valence-corrected chi connectivity index (χ3v) is 3.94. The Labute approximate surface area is 127 Å². The van der Waals surface area contributed by atoms with E-state index in [-0.39, 0.29) is 16.4 Å². The van der Waals surface area contributed by atoms with Crippen LogP contribution < -0.4 is 0 Å². The predicted octanol–water partition coefficient (Wildman–Crippen LogP) is 2.53. The normalized spacial score (nSPS) is 10.2. The molecule has 0 aliphatic rings. The predicted molar refractivity (Wildman–Crippen MR) is 90.2 cm³/mol. The van der Waals surface area contributed by atoms with Crippen molar-refractivity contribution in [3.05, 3.63) is 0 Å². The van der Waals surface area contributed by atoms with Gasteiger partial charge in [0, 0.05) is 0 Å². The molecule has 0 aromatic carbocycles. The zero-order valence-electron chi connectivity index (χ0n) is 14.4. The molecule has 0 saturated carbocycles. The largest absolute Gasteiger partial charge is 0.412 e. The summed E-state index contributed by atoms with van der Waals surface area (Å²) in [6.07, 6.45) is 11.1. The van der Waals surface area contributed by atoms with Crippen LogP contribution in [0.15, 0.2) is 0 Å². The summed E-state index contributed by atoms with van der Waals surface area (Å²) in [6, 6.07) is 0. The van der Waals surface area contributed by atoms with Gasteiger partial charge >= 0.3 is 0 Å². The van der Waals surface area contributed by atoms with Crippen LogP contribution in [0, 0.1) is 0 Å². The number of unbranched alkanes of at least 4 members (excludes halogenated alkanes) is 4. The molecule has 0 heterocycles. The maximum Gasteiger partial charge on any atom is 0.0786 e. The molecule has 0 aromatic rings. The van der Waals surface area contributed by atoms with Crippen LogP contribution in [-0.2, 0) is 0 Å². The van der Waals surface area contributed by atoms with Gasteiger partial charge in [-0.25, -0.2) is 0 Å². The second-order valence-electron chi connectivity index (χ2n) is 5.65. The summed E-state index contributed by atoms with van der Waals surface area (Å²) >= 11 is 0. The van der Waals surface area contributed by atoms with Crippen LogP contribution in [0.25, 0.3) is 0 Å². The Kier molecular flexibility index (Phi) is 26.4. The van der Waals surface area contributed by atoms with Gasteiger partial charge in [0.2, 0.25) is 0 Å². The van der Waals surface area contributed by atoms with Gasteiger partial charge in [0.05, 0.1) is 26.2 Å². The topological polar surface area (TPSA) is 94.5 Å². The average Bonchev–Trinajstić information content (AvgIpc) is 2.37. The van der Waals surface area contributed by atoms with Crippen LogP contribution >= 0.6 is 0 Å². The van der Waals surface area contributed by atoms with E-state index in [1.807, 2.05) is 0 Å². The van der Waals surface area contributed by atoms with Crippen LogP contribution in [0.1, 0.15) is 79.1 Å². The van der Waals surface area contributed by atoms with Gasteiger partial charge in [-0.1, -0.05) is 53.4 Å². The quantitative estimate of drug-likeness (QED) is 0.495. The molecule has 4 nitrogen and oxygen atoms in total. The molecule has 0 radical (unpaired) electrons. The number of hydrogen-bond acceptors (Lipinski definition) is 0. The van der Waals surface area contributed by atoms with E-state index < -0.39 is 0 Å². The molecule has 4 heteroatoms. The summed E-state index contributed by atoms with van der Waals surface area (Å²) in [7, 11) is 0. The molecule has 128 valence electrons. The Morgan fingerprint density at radius 1 is 0.450 bits per heavy atom. The maximum atomic E-state index is 2.33. The lowest BCUT2D eigenvalue weighted by Gasteiger charge is -2.39. The highest BCUT2D eigenvalue weighted by Crippen LogP contribution is 2.16. The van der Waals surface area contributed by atoms with Crippen molar-refractivity contribution in [2.24, 2.45) is 0 Å². The third-order valence-electron chi connectivity index (χ3n) is 3.94. The van der Waals surface area contributed by atoms with E-state index in [1.54, 1.807) is 0 Å². The molecule has 0 spiro atoms. The van der Waals surface area contributed by atoms with Crippen LogP contribution in [-0.4, -0.2) is 47.1 Å². The zero-order valence-corrected chi connectivity index (χ0v) is 14.4. The van der Waals surface area contributed by atoms with Gasteiger partial charge in [-0.15, -0.1) is 0 Å². The number of rotatable bonds is 12. The van der Waals surface area contributed by atoms with E-state index in [0.717, 1.165) is 0 Å². The van der Waals surface area contributed by atoms with E-state index in [9.17, 15) is 0 Å². The summed E-state index contributed by atoms with van der Waals surface area (Å²) < 4.78 is 1.42. The molecule has 0 unspecified atom stereocenters. The summed E-state index contributed by atoms with van der Waals surface area (Å²) in [5, 5.41) is 0. The molecular formula is C16H42NO3+. The highest BCUT2D eigenvalue weighted by molar-refractivity contribution is 4.49. The average molecular weight is 297 g/mol. The fourth-order valence-electron chi connectivity index (χ4n) is 2.64. The summed E-state index contributed by atoms with van der Waals surface area (Å²) in [5.74, 6) is 0. The molecule has 0 aromatic heterocycles. The second-order valence-corrected chi connectivity index (χ2v) is 5.65. The standard InChI is InChI=1S/C16H36N.3H2O/c1-5-9-13-17(14-10-6-2,15-11-7-3)16-12-8-4;;;/h5-16H2,1-4H3;3*1H2/q+1;;;. The molecular weight excluding hydrogens is 254 g/mol. The van der Waals surface area contributed by atoms with Crippen LogP contribution in [0.5, 0.6) is 0 Å². The first-order valence-corrected chi connectivity index (χ1v) is 8.09. The van der Waals surface area contributed by atoms with E-state index >= 15 is 0 Å². The minimum atomic E-state index is 0. The molecule has 0 rings (SSSR count). The number of nitrogens with zero attached hydrogens (tertiary/aromatic N) is 1. The fourth-order valence-corrected chi connectivity index (χ4v) is 2.64. The zero-order chi connectivity index (χ0) is 13.0. The first-order valence-electron chi connectivity index (χ1n) is 8.09. The van der Waals surface area contributed by atoms with Gasteiger partial charge in [-0.05, 0) is 25.7 Å². The SMILES string of the molecule is CCCC[N+](CCCC)(CCCC)CCCC.O.O.O. The van der Waals surface area contributed by atoms with Crippen LogP contribution in [0.2, 0.25) is 0 Å². The van der Waals surface area contributed by atoms with E-state index in [4.69, 9.17) is 0 Å². The molecule has 0 bridgehead atoms. The van der Waals surface area contributed by atoms with Gasteiger partial charge in [-0.3, -0.25) is 0 Å². The Morgan fingerprint density at radius 2 is 0.650 bits per heavy atom. The minimum Gasteiger partial charge on any atom is -0.412 e. The monoisotopic (exact) mass is 296 g/mol. The Morgan fingerprint density at radius 3 is 0.800 bits per heavy atom. The van der Waals surface area contributed by atoms with Crippen molar-refractivity contribution in [3.8, 4) is 0 Å². The molecule has 0 saturated heterocycles. The molecule has 6 N–H and O–H groups in total. The molecule has 0 amide bonds. The highest BCUT2D eigenvalue weighted by Gasteiger charge is 2.24. The summed E-state index contributed by atoms with van der Waals surface area (Å²) in [4.78, 5) is 0. The Balaban J connectivity index is -0.000000427. The number of quaternary nitrogens is 1. The van der Waals surface area contributed by atoms with Gasteiger partial charge in [0.25, 0.3) is 0 Å². The van der Waals surface area contributed by atoms with Crippen molar-refractivity contribution in [1.29, 1.82) is 0 Å². The highest BCUT2D eigenvalue weighted by atomic mass is 16.0. The van der Waals surface area contributed by atoms with Crippen molar-refractivity contribution < 1.29 is 20.9 Å². The van der Waals surface area contributed by atoms with Crippen molar-refractivity contribution in [2.75, 3.05) is 26.2 Å². The van der Waals surface area contributed by atoms with E-state index in [0.29, 0.717) is 0 Å². The third kappa shape index (κ3) is 12.9. The Bertz CT molecular complexity index is 128. The van der Waals surface area contributed by atoms with Crippen LogP contribution in [0.3, 0.4) is 0 Å². The molecule has 20 heavy (non-hydrogen) atoms. The van der Waals surface area contributed by atoms with Crippen molar-refractivity contribution >= 4 is 0 Å². The lowest BCUT2D eigenvalue weighted by Crippen LogP contribution is -2.50. The summed E-state index contributed by atoms with van der Waals surface area (Å²) in [6.45, 7) is 15.0. The second kappa shape index (κ2) is 18.8. The van der Waals surface area contributed by atoms with Gasteiger partial charge in [0.1, 0.15) is 0 Å². The fraction of sp³-hybridized carbons (Fsp3) is 1.00.